The van der Waals surface area contributed by atoms with Crippen molar-refractivity contribution in [3.8, 4) is 16.8 Å². The van der Waals surface area contributed by atoms with Gasteiger partial charge in [0.15, 0.2) is 0 Å². The predicted octanol–water partition coefficient (Wildman–Crippen LogP) is 14.1. The van der Waals surface area contributed by atoms with E-state index in [9.17, 15) is 0 Å². The molecule has 0 aliphatic rings. The van der Waals surface area contributed by atoms with Crippen molar-refractivity contribution in [3.05, 3.63) is 194 Å². The number of rotatable bonds is 5. The summed E-state index contributed by atoms with van der Waals surface area (Å²) in [6, 6.07) is 69.5. The van der Waals surface area contributed by atoms with E-state index in [2.05, 4.69) is 204 Å². The maximum atomic E-state index is 7.10. The second kappa shape index (κ2) is 11.7. The molecular formula is C50H32N2O. The SMILES string of the molecule is c1ccc(N(c2ccc3ccccc3c2)c2cccc3oc4c(-c5cccc6c5c5ccccc5n6-c5ccccc5)cc5ccccc5c4c23)cc1. The first kappa shape index (κ1) is 29.6. The molecule has 0 aliphatic carbocycles. The molecule has 9 aromatic carbocycles. The lowest BCUT2D eigenvalue weighted by molar-refractivity contribution is 0.670. The average Bonchev–Trinajstić information content (AvgIpc) is 3.79. The van der Waals surface area contributed by atoms with Crippen molar-refractivity contribution in [2.45, 2.75) is 0 Å². The summed E-state index contributed by atoms with van der Waals surface area (Å²) in [4.78, 5) is 2.37. The molecule has 0 saturated heterocycles. The third-order valence-electron chi connectivity index (χ3n) is 10.7. The molecule has 248 valence electrons. The lowest BCUT2D eigenvalue weighted by Gasteiger charge is -2.26. The molecule has 0 N–H and O–H groups in total. The van der Waals surface area contributed by atoms with Gasteiger partial charge in [0.25, 0.3) is 0 Å². The minimum absolute atomic E-state index is 0.857. The molecule has 3 nitrogen and oxygen atoms in total. The highest BCUT2D eigenvalue weighted by Crippen LogP contribution is 2.49. The second-order valence-corrected chi connectivity index (χ2v) is 13.7. The highest BCUT2D eigenvalue weighted by atomic mass is 16.3. The van der Waals surface area contributed by atoms with E-state index < -0.39 is 0 Å². The van der Waals surface area contributed by atoms with Crippen molar-refractivity contribution >= 4 is 82.4 Å². The molecule has 2 heterocycles. The Morgan fingerprint density at radius 3 is 1.92 bits per heavy atom. The molecule has 0 saturated carbocycles. The predicted molar refractivity (Wildman–Crippen MR) is 223 cm³/mol. The van der Waals surface area contributed by atoms with Crippen LogP contribution in [0.2, 0.25) is 0 Å². The van der Waals surface area contributed by atoms with Gasteiger partial charge in [-0.25, -0.2) is 0 Å². The van der Waals surface area contributed by atoms with E-state index in [1.54, 1.807) is 0 Å². The summed E-state index contributed by atoms with van der Waals surface area (Å²) in [6.07, 6.45) is 0. The maximum absolute atomic E-state index is 7.10. The Balaban J connectivity index is 1.25. The average molecular weight is 677 g/mol. The van der Waals surface area contributed by atoms with Crippen LogP contribution in [0.25, 0.3) is 82.1 Å². The zero-order valence-corrected chi connectivity index (χ0v) is 28.8. The summed E-state index contributed by atoms with van der Waals surface area (Å²) in [7, 11) is 0. The minimum Gasteiger partial charge on any atom is -0.455 e. The van der Waals surface area contributed by atoms with Crippen molar-refractivity contribution in [3.63, 3.8) is 0 Å². The molecule has 2 aromatic heterocycles. The van der Waals surface area contributed by atoms with Crippen LogP contribution in [-0.4, -0.2) is 4.57 Å². The summed E-state index contributed by atoms with van der Waals surface area (Å²) in [5.41, 5.74) is 10.7. The molecule has 0 bridgehead atoms. The number of hydrogen-bond donors (Lipinski definition) is 0. The number of hydrogen-bond acceptors (Lipinski definition) is 2. The fraction of sp³-hybridized carbons (Fsp3) is 0. The standard InChI is InChI=1S/C50H32N2O/c1-3-18-36(19-4-1)51(38-30-29-33-15-7-8-16-34(33)31-38)45-27-14-28-46-49(45)48-39-22-10-9-17-35(39)32-42(50(48)53-46)40-24-13-26-44-47(40)41-23-11-12-25-43(41)52(44)37-20-5-2-6-21-37/h1-32H. The topological polar surface area (TPSA) is 21.3 Å². The summed E-state index contributed by atoms with van der Waals surface area (Å²) in [6.45, 7) is 0. The van der Waals surface area contributed by atoms with Crippen LogP contribution in [0, 0.1) is 0 Å². The van der Waals surface area contributed by atoms with E-state index in [0.717, 1.165) is 55.8 Å². The first-order chi connectivity index (χ1) is 26.3. The molecule has 11 rings (SSSR count). The first-order valence-corrected chi connectivity index (χ1v) is 18.1. The molecule has 11 aromatic rings. The maximum Gasteiger partial charge on any atom is 0.143 e. The van der Waals surface area contributed by atoms with Gasteiger partial charge in [0.1, 0.15) is 11.2 Å². The van der Waals surface area contributed by atoms with Crippen LogP contribution in [0.1, 0.15) is 0 Å². The fourth-order valence-electron chi connectivity index (χ4n) is 8.45. The van der Waals surface area contributed by atoms with Gasteiger partial charge in [-0.15, -0.1) is 0 Å². The Morgan fingerprint density at radius 1 is 0.396 bits per heavy atom. The lowest BCUT2D eigenvalue weighted by Crippen LogP contribution is -2.10. The normalized spacial score (nSPS) is 11.8. The molecule has 3 heteroatoms. The summed E-state index contributed by atoms with van der Waals surface area (Å²) in [5, 5.41) is 9.40. The fourth-order valence-corrected chi connectivity index (χ4v) is 8.45. The monoisotopic (exact) mass is 676 g/mol. The smallest absolute Gasteiger partial charge is 0.143 e. The third kappa shape index (κ3) is 4.54. The van der Waals surface area contributed by atoms with Gasteiger partial charge in [0.2, 0.25) is 0 Å². The van der Waals surface area contributed by atoms with Crippen molar-refractivity contribution in [1.29, 1.82) is 0 Å². The molecule has 0 aliphatic heterocycles. The van der Waals surface area contributed by atoms with Crippen LogP contribution in [0.5, 0.6) is 0 Å². The van der Waals surface area contributed by atoms with E-state index in [1.165, 1.54) is 43.4 Å². The molecule has 0 spiro atoms. The van der Waals surface area contributed by atoms with Crippen molar-refractivity contribution < 1.29 is 4.42 Å². The molecular weight excluding hydrogens is 645 g/mol. The van der Waals surface area contributed by atoms with E-state index in [4.69, 9.17) is 4.42 Å². The number of benzene rings is 9. The quantitative estimate of drug-likeness (QED) is 0.181. The Hall–Kier alpha value is -7.10. The van der Waals surface area contributed by atoms with Crippen LogP contribution in [-0.2, 0) is 0 Å². The van der Waals surface area contributed by atoms with E-state index in [-0.39, 0.29) is 0 Å². The number of furan rings is 1. The van der Waals surface area contributed by atoms with Crippen LogP contribution < -0.4 is 4.90 Å². The number of nitrogens with zero attached hydrogens (tertiary/aromatic N) is 2. The van der Waals surface area contributed by atoms with Gasteiger partial charge in [-0.1, -0.05) is 127 Å². The van der Waals surface area contributed by atoms with Gasteiger partial charge in [0, 0.05) is 38.8 Å². The molecule has 0 atom stereocenters. The van der Waals surface area contributed by atoms with Gasteiger partial charge in [-0.2, -0.15) is 0 Å². The zero-order valence-electron chi connectivity index (χ0n) is 28.8. The van der Waals surface area contributed by atoms with Gasteiger partial charge in [-0.3, -0.25) is 0 Å². The second-order valence-electron chi connectivity index (χ2n) is 13.7. The van der Waals surface area contributed by atoms with Crippen LogP contribution in [0.15, 0.2) is 199 Å². The highest BCUT2D eigenvalue weighted by molar-refractivity contribution is 6.28. The minimum atomic E-state index is 0.857. The molecule has 0 fully saturated rings. The van der Waals surface area contributed by atoms with E-state index in [0.29, 0.717) is 0 Å². The molecule has 0 unspecified atom stereocenters. The van der Waals surface area contributed by atoms with Gasteiger partial charge >= 0.3 is 0 Å². The van der Waals surface area contributed by atoms with E-state index in [1.807, 2.05) is 0 Å². The van der Waals surface area contributed by atoms with Crippen LogP contribution in [0.4, 0.5) is 17.1 Å². The zero-order chi connectivity index (χ0) is 34.9. The number of para-hydroxylation sites is 3. The van der Waals surface area contributed by atoms with Crippen LogP contribution >= 0.6 is 0 Å². The lowest BCUT2D eigenvalue weighted by atomic mass is 9.93. The first-order valence-electron chi connectivity index (χ1n) is 18.1. The number of anilines is 3. The van der Waals surface area contributed by atoms with Crippen molar-refractivity contribution in [1.82, 2.24) is 4.57 Å². The van der Waals surface area contributed by atoms with Gasteiger partial charge in [0.05, 0.1) is 22.1 Å². The largest absolute Gasteiger partial charge is 0.455 e. The van der Waals surface area contributed by atoms with Gasteiger partial charge < -0.3 is 13.9 Å². The van der Waals surface area contributed by atoms with Crippen LogP contribution in [0.3, 0.4) is 0 Å². The highest BCUT2D eigenvalue weighted by Gasteiger charge is 2.24. The van der Waals surface area contributed by atoms with Crippen molar-refractivity contribution in [2.75, 3.05) is 4.90 Å². The molecule has 0 radical (unpaired) electrons. The summed E-state index contributed by atoms with van der Waals surface area (Å²) < 4.78 is 9.48. The van der Waals surface area contributed by atoms with Crippen molar-refractivity contribution in [2.24, 2.45) is 0 Å². The Bertz CT molecular complexity index is 3170. The van der Waals surface area contributed by atoms with Gasteiger partial charge in [-0.05, 0) is 93.8 Å². The Morgan fingerprint density at radius 2 is 1.08 bits per heavy atom. The molecule has 53 heavy (non-hydrogen) atoms. The third-order valence-corrected chi connectivity index (χ3v) is 10.7. The summed E-state index contributed by atoms with van der Waals surface area (Å²) in [5.74, 6) is 0. The Labute approximate surface area is 306 Å². The molecule has 0 amide bonds. The summed E-state index contributed by atoms with van der Waals surface area (Å²) >= 11 is 0. The van der Waals surface area contributed by atoms with E-state index >= 15 is 0 Å². The number of fused-ring (bicyclic) bond motifs is 9. The Kier molecular flexibility index (Phi) is 6.55. The number of aromatic nitrogens is 1.